The standard InChI is InChI=1S/C21H23N3O3/c1-4-10-24-14(2)11-17(15(24)3)12-18(13-22)21(26)27-19(20(23)25)16-8-6-5-7-9-16/h5-9,11-12,19H,4,10H2,1-3H3,(H2,23,25)/b18-12+. The molecule has 1 amide bonds. The Morgan fingerprint density at radius 2 is 1.96 bits per heavy atom. The minimum atomic E-state index is -1.25. The molecule has 6 nitrogen and oxygen atoms in total. The van der Waals surface area contributed by atoms with Gasteiger partial charge < -0.3 is 15.0 Å². The van der Waals surface area contributed by atoms with Crippen molar-refractivity contribution in [2.24, 2.45) is 5.73 Å². The Morgan fingerprint density at radius 3 is 2.52 bits per heavy atom. The molecule has 2 N–H and O–H groups in total. The number of carbonyl (C=O) groups excluding carboxylic acids is 2. The van der Waals surface area contributed by atoms with Crippen molar-refractivity contribution in [2.75, 3.05) is 0 Å². The summed E-state index contributed by atoms with van der Waals surface area (Å²) in [6.07, 6.45) is 1.21. The van der Waals surface area contributed by atoms with Gasteiger partial charge in [-0.05, 0) is 38.0 Å². The Kier molecular flexibility index (Phi) is 6.56. The van der Waals surface area contributed by atoms with E-state index in [1.165, 1.54) is 6.08 Å². The Morgan fingerprint density at radius 1 is 1.30 bits per heavy atom. The molecule has 1 aromatic heterocycles. The molecule has 0 aliphatic rings. The van der Waals surface area contributed by atoms with Gasteiger partial charge in [0.05, 0.1) is 0 Å². The third-order valence-corrected chi connectivity index (χ3v) is 4.29. The number of hydrogen-bond donors (Lipinski definition) is 1. The van der Waals surface area contributed by atoms with Crippen LogP contribution in [0.25, 0.3) is 6.08 Å². The summed E-state index contributed by atoms with van der Waals surface area (Å²) in [7, 11) is 0. The lowest BCUT2D eigenvalue weighted by molar-refractivity contribution is -0.151. The second-order valence-corrected chi connectivity index (χ2v) is 6.25. The van der Waals surface area contributed by atoms with E-state index in [0.29, 0.717) is 5.56 Å². The monoisotopic (exact) mass is 365 g/mol. The van der Waals surface area contributed by atoms with Crippen LogP contribution < -0.4 is 5.73 Å². The van der Waals surface area contributed by atoms with Gasteiger partial charge in [0.25, 0.3) is 5.91 Å². The molecule has 0 aliphatic carbocycles. The first-order chi connectivity index (χ1) is 12.9. The number of benzene rings is 1. The fourth-order valence-electron chi connectivity index (χ4n) is 2.92. The van der Waals surface area contributed by atoms with E-state index < -0.39 is 18.0 Å². The van der Waals surface area contributed by atoms with Gasteiger partial charge in [0, 0.05) is 23.5 Å². The van der Waals surface area contributed by atoms with Crippen LogP contribution in [0.3, 0.4) is 0 Å². The molecule has 0 saturated carbocycles. The number of aromatic nitrogens is 1. The second kappa shape index (κ2) is 8.86. The summed E-state index contributed by atoms with van der Waals surface area (Å²) < 4.78 is 7.36. The molecule has 1 aromatic carbocycles. The van der Waals surface area contributed by atoms with Crippen LogP contribution in [-0.2, 0) is 20.9 Å². The summed E-state index contributed by atoms with van der Waals surface area (Å²) in [5.74, 6) is -1.68. The van der Waals surface area contributed by atoms with E-state index in [1.54, 1.807) is 30.3 Å². The average molecular weight is 365 g/mol. The van der Waals surface area contributed by atoms with E-state index in [0.717, 1.165) is 29.9 Å². The fraction of sp³-hybridized carbons (Fsp3) is 0.286. The van der Waals surface area contributed by atoms with Crippen LogP contribution in [0.4, 0.5) is 0 Å². The lowest BCUT2D eigenvalue weighted by Crippen LogP contribution is -2.26. The van der Waals surface area contributed by atoms with Gasteiger partial charge in [-0.3, -0.25) is 4.79 Å². The lowest BCUT2D eigenvalue weighted by Gasteiger charge is -2.14. The number of rotatable bonds is 7. The summed E-state index contributed by atoms with van der Waals surface area (Å²) in [6, 6.07) is 12.2. The van der Waals surface area contributed by atoms with Crippen LogP contribution in [0.1, 0.15) is 42.0 Å². The molecule has 1 heterocycles. The van der Waals surface area contributed by atoms with Gasteiger partial charge in [-0.1, -0.05) is 37.3 Å². The molecule has 0 fully saturated rings. The van der Waals surface area contributed by atoms with Crippen LogP contribution >= 0.6 is 0 Å². The van der Waals surface area contributed by atoms with E-state index in [4.69, 9.17) is 10.5 Å². The predicted molar refractivity (Wildman–Crippen MR) is 102 cm³/mol. The zero-order valence-electron chi connectivity index (χ0n) is 15.7. The molecule has 1 atom stereocenters. The number of carbonyl (C=O) groups is 2. The highest BCUT2D eigenvalue weighted by atomic mass is 16.5. The van der Waals surface area contributed by atoms with Gasteiger partial charge in [0.15, 0.2) is 0 Å². The highest BCUT2D eigenvalue weighted by Crippen LogP contribution is 2.22. The summed E-state index contributed by atoms with van der Waals surface area (Å²) in [4.78, 5) is 24.2. The maximum atomic E-state index is 12.5. The van der Waals surface area contributed by atoms with Crippen LogP contribution in [0.15, 0.2) is 42.0 Å². The van der Waals surface area contributed by atoms with Gasteiger partial charge in [-0.15, -0.1) is 0 Å². The third kappa shape index (κ3) is 4.64. The van der Waals surface area contributed by atoms with Crippen molar-refractivity contribution >= 4 is 18.0 Å². The minimum Gasteiger partial charge on any atom is -0.443 e. The highest BCUT2D eigenvalue weighted by molar-refractivity contribution is 5.99. The fourth-order valence-corrected chi connectivity index (χ4v) is 2.92. The molecular weight excluding hydrogens is 342 g/mol. The molecule has 0 radical (unpaired) electrons. The van der Waals surface area contributed by atoms with Crippen molar-refractivity contribution in [1.82, 2.24) is 4.57 Å². The smallest absolute Gasteiger partial charge is 0.350 e. The van der Waals surface area contributed by atoms with Crippen LogP contribution in [0.2, 0.25) is 0 Å². The Hall–Kier alpha value is -3.33. The molecule has 0 saturated heterocycles. The normalized spacial score (nSPS) is 12.3. The zero-order chi connectivity index (χ0) is 20.0. The van der Waals surface area contributed by atoms with Crippen molar-refractivity contribution in [1.29, 1.82) is 5.26 Å². The molecule has 1 unspecified atom stereocenters. The molecular formula is C21H23N3O3. The van der Waals surface area contributed by atoms with E-state index in [2.05, 4.69) is 11.5 Å². The molecule has 0 spiro atoms. The number of hydrogen-bond acceptors (Lipinski definition) is 4. The van der Waals surface area contributed by atoms with Crippen molar-refractivity contribution in [3.05, 3.63) is 64.5 Å². The van der Waals surface area contributed by atoms with Crippen LogP contribution in [0.5, 0.6) is 0 Å². The Balaban J connectivity index is 2.30. The molecule has 2 aromatic rings. The van der Waals surface area contributed by atoms with Gasteiger partial charge in [-0.2, -0.15) is 5.26 Å². The first-order valence-corrected chi connectivity index (χ1v) is 8.72. The first kappa shape index (κ1) is 20.0. The number of esters is 1. The van der Waals surface area contributed by atoms with Crippen molar-refractivity contribution in [3.8, 4) is 6.07 Å². The number of primary amides is 1. The SMILES string of the molecule is CCCn1c(C)cc(/C=C(\C#N)C(=O)OC(C(N)=O)c2ccccc2)c1C. The van der Waals surface area contributed by atoms with Gasteiger partial charge in [-0.25, -0.2) is 4.79 Å². The predicted octanol–water partition coefficient (Wildman–Crippen LogP) is 3.19. The quantitative estimate of drug-likeness (QED) is 0.463. The molecule has 2 rings (SSSR count). The average Bonchev–Trinajstić information content (AvgIpc) is 2.92. The summed E-state index contributed by atoms with van der Waals surface area (Å²) in [5, 5.41) is 9.41. The number of amides is 1. The van der Waals surface area contributed by atoms with E-state index in [1.807, 2.05) is 26.0 Å². The molecule has 6 heteroatoms. The second-order valence-electron chi connectivity index (χ2n) is 6.25. The van der Waals surface area contributed by atoms with Crippen LogP contribution in [-0.4, -0.2) is 16.4 Å². The Bertz CT molecular complexity index is 905. The number of ether oxygens (including phenoxy) is 1. The number of nitriles is 1. The van der Waals surface area contributed by atoms with Crippen molar-refractivity contribution in [3.63, 3.8) is 0 Å². The van der Waals surface area contributed by atoms with Crippen LogP contribution in [0, 0.1) is 25.2 Å². The largest absolute Gasteiger partial charge is 0.443 e. The van der Waals surface area contributed by atoms with Crippen molar-refractivity contribution in [2.45, 2.75) is 39.8 Å². The van der Waals surface area contributed by atoms with Gasteiger partial charge in [0.1, 0.15) is 11.6 Å². The maximum Gasteiger partial charge on any atom is 0.350 e. The Labute approximate surface area is 158 Å². The highest BCUT2D eigenvalue weighted by Gasteiger charge is 2.24. The van der Waals surface area contributed by atoms with E-state index in [-0.39, 0.29) is 5.57 Å². The van der Waals surface area contributed by atoms with E-state index >= 15 is 0 Å². The zero-order valence-corrected chi connectivity index (χ0v) is 15.7. The van der Waals surface area contributed by atoms with Crippen molar-refractivity contribution < 1.29 is 14.3 Å². The number of nitrogens with zero attached hydrogens (tertiary/aromatic N) is 2. The number of aryl methyl sites for hydroxylation is 1. The molecule has 27 heavy (non-hydrogen) atoms. The van der Waals surface area contributed by atoms with Gasteiger partial charge in [0.2, 0.25) is 6.10 Å². The molecule has 0 bridgehead atoms. The number of nitrogens with two attached hydrogens (primary N) is 1. The summed E-state index contributed by atoms with van der Waals surface area (Å²) in [5.41, 5.74) is 8.42. The molecule has 0 aliphatic heterocycles. The summed E-state index contributed by atoms with van der Waals surface area (Å²) in [6.45, 7) is 6.85. The summed E-state index contributed by atoms with van der Waals surface area (Å²) >= 11 is 0. The first-order valence-electron chi connectivity index (χ1n) is 8.72. The lowest BCUT2D eigenvalue weighted by atomic mass is 10.1. The minimum absolute atomic E-state index is 0.186. The third-order valence-electron chi connectivity index (χ3n) is 4.29. The van der Waals surface area contributed by atoms with E-state index in [9.17, 15) is 14.9 Å². The van der Waals surface area contributed by atoms with Gasteiger partial charge >= 0.3 is 5.97 Å². The topological polar surface area (TPSA) is 98.1 Å². The maximum absolute atomic E-state index is 12.5. The molecule has 140 valence electrons.